The number of carbonyl (C=O) groups is 2. The third-order valence-electron chi connectivity index (χ3n) is 4.97. The number of carbonyl (C=O) groups excluding carboxylic acids is 1. The van der Waals surface area contributed by atoms with Crippen molar-refractivity contribution in [2.45, 2.75) is 31.8 Å². The number of benzene rings is 2. The van der Waals surface area contributed by atoms with Gasteiger partial charge in [-0.2, -0.15) is 0 Å². The van der Waals surface area contributed by atoms with Gasteiger partial charge >= 0.3 is 5.97 Å². The largest absolute Gasteiger partial charge is 0.478 e. The van der Waals surface area contributed by atoms with Crippen molar-refractivity contribution in [3.8, 4) is 0 Å². The number of rotatable bonds is 2. The molecule has 1 aliphatic heterocycles. The van der Waals surface area contributed by atoms with Gasteiger partial charge in [0.2, 0.25) is 0 Å². The molecule has 0 radical (unpaired) electrons. The monoisotopic (exact) mass is 341 g/mol. The Kier molecular flexibility index (Phi) is 3.57. The molecule has 24 heavy (non-hydrogen) atoms. The predicted molar refractivity (Wildman–Crippen MR) is 90.4 cm³/mol. The molecule has 2 aromatic rings. The summed E-state index contributed by atoms with van der Waals surface area (Å²) in [4.78, 5) is 26.0. The third kappa shape index (κ3) is 2.29. The van der Waals surface area contributed by atoms with Crippen molar-refractivity contribution in [3.63, 3.8) is 0 Å². The highest BCUT2D eigenvalue weighted by molar-refractivity contribution is 6.34. The first-order chi connectivity index (χ1) is 11.6. The zero-order chi connectivity index (χ0) is 16.8. The van der Waals surface area contributed by atoms with Gasteiger partial charge in [-0.3, -0.25) is 4.79 Å². The fourth-order valence-electron chi connectivity index (χ4n) is 3.82. The maximum Gasteiger partial charge on any atom is 0.335 e. The van der Waals surface area contributed by atoms with E-state index in [-0.39, 0.29) is 17.5 Å². The molecule has 4 rings (SSSR count). The number of carboxylic acids is 1. The van der Waals surface area contributed by atoms with Crippen molar-refractivity contribution in [1.29, 1.82) is 0 Å². The Morgan fingerprint density at radius 1 is 1.21 bits per heavy atom. The van der Waals surface area contributed by atoms with Gasteiger partial charge in [0.15, 0.2) is 0 Å². The molecular weight excluding hydrogens is 326 g/mol. The standard InChI is InChI=1S/C19H16ClNO3/c20-15-5-1-4-13-10-21(18(22)17(13)15)16-6-2-3-11-7-8-12(19(23)24)9-14(11)16/h1,4-5,7-9,16H,2-3,6,10H2,(H,23,24). The Hall–Kier alpha value is -2.33. The van der Waals surface area contributed by atoms with Crippen LogP contribution in [0.25, 0.3) is 0 Å². The molecule has 0 saturated heterocycles. The summed E-state index contributed by atoms with van der Waals surface area (Å²) in [5, 5.41) is 9.75. The molecule has 122 valence electrons. The number of amides is 1. The van der Waals surface area contributed by atoms with Gasteiger partial charge in [0.25, 0.3) is 5.91 Å². The van der Waals surface area contributed by atoms with Crippen LogP contribution in [0.4, 0.5) is 0 Å². The van der Waals surface area contributed by atoms with E-state index in [4.69, 9.17) is 11.6 Å². The topological polar surface area (TPSA) is 57.6 Å². The number of aromatic carboxylic acids is 1. The van der Waals surface area contributed by atoms with E-state index < -0.39 is 5.97 Å². The van der Waals surface area contributed by atoms with E-state index >= 15 is 0 Å². The number of carboxylic acid groups (broad SMARTS) is 1. The summed E-state index contributed by atoms with van der Waals surface area (Å²) >= 11 is 6.21. The van der Waals surface area contributed by atoms with Gasteiger partial charge in [-0.05, 0) is 54.2 Å². The molecule has 0 fully saturated rings. The molecule has 2 aliphatic rings. The predicted octanol–water partition coefficient (Wildman–Crippen LogP) is 4.07. The minimum atomic E-state index is -0.943. The number of hydrogen-bond donors (Lipinski definition) is 1. The SMILES string of the molecule is O=C(O)c1ccc2c(c1)C(N1Cc3cccc(Cl)c3C1=O)CCC2. The Labute approximate surface area is 144 Å². The Morgan fingerprint density at radius 3 is 2.79 bits per heavy atom. The molecule has 1 aliphatic carbocycles. The van der Waals surface area contributed by atoms with Gasteiger partial charge in [-0.25, -0.2) is 4.79 Å². The van der Waals surface area contributed by atoms with E-state index in [1.54, 1.807) is 18.2 Å². The lowest BCUT2D eigenvalue weighted by atomic mass is 9.85. The second kappa shape index (κ2) is 5.64. The van der Waals surface area contributed by atoms with Crippen molar-refractivity contribution in [2.75, 3.05) is 0 Å². The van der Waals surface area contributed by atoms with Gasteiger partial charge in [-0.1, -0.05) is 29.8 Å². The second-order valence-electron chi connectivity index (χ2n) is 6.33. The molecule has 0 bridgehead atoms. The normalized spacial score (nSPS) is 19.1. The Bertz CT molecular complexity index is 862. The molecular formula is C19H16ClNO3. The Balaban J connectivity index is 1.75. The lowest BCUT2D eigenvalue weighted by Gasteiger charge is -2.33. The van der Waals surface area contributed by atoms with Crippen LogP contribution in [0.1, 0.15) is 56.3 Å². The highest BCUT2D eigenvalue weighted by Gasteiger charge is 2.36. The first-order valence-electron chi connectivity index (χ1n) is 8.00. The van der Waals surface area contributed by atoms with E-state index in [1.807, 2.05) is 23.1 Å². The smallest absolute Gasteiger partial charge is 0.335 e. The summed E-state index contributed by atoms with van der Waals surface area (Å²) < 4.78 is 0. The first kappa shape index (κ1) is 15.2. The fraction of sp³-hybridized carbons (Fsp3) is 0.263. The molecule has 0 spiro atoms. The number of hydrogen-bond acceptors (Lipinski definition) is 2. The summed E-state index contributed by atoms with van der Waals surface area (Å²) in [7, 11) is 0. The molecule has 1 N–H and O–H groups in total. The van der Waals surface area contributed by atoms with Gasteiger partial charge in [0.1, 0.15) is 0 Å². The molecule has 1 atom stereocenters. The number of aryl methyl sites for hydroxylation is 1. The minimum absolute atomic E-state index is 0.0609. The van der Waals surface area contributed by atoms with E-state index in [0.29, 0.717) is 17.1 Å². The average molecular weight is 342 g/mol. The molecule has 4 nitrogen and oxygen atoms in total. The lowest BCUT2D eigenvalue weighted by Crippen LogP contribution is -2.32. The zero-order valence-corrected chi connectivity index (χ0v) is 13.7. The van der Waals surface area contributed by atoms with Gasteiger partial charge < -0.3 is 10.0 Å². The summed E-state index contributed by atoms with van der Waals surface area (Å²) in [6, 6.07) is 10.7. The van der Waals surface area contributed by atoms with Crippen LogP contribution in [0, 0.1) is 0 Å². The molecule has 1 heterocycles. The molecule has 1 amide bonds. The van der Waals surface area contributed by atoms with Gasteiger partial charge in [-0.15, -0.1) is 0 Å². The molecule has 0 saturated carbocycles. The summed E-state index contributed by atoms with van der Waals surface area (Å²) in [6.45, 7) is 0.524. The first-order valence-corrected chi connectivity index (χ1v) is 8.38. The summed E-state index contributed by atoms with van der Waals surface area (Å²) in [5.74, 6) is -1.00. The minimum Gasteiger partial charge on any atom is -0.478 e. The quantitative estimate of drug-likeness (QED) is 0.895. The third-order valence-corrected chi connectivity index (χ3v) is 5.28. The molecule has 5 heteroatoms. The van der Waals surface area contributed by atoms with Crippen molar-refractivity contribution in [3.05, 3.63) is 69.2 Å². The number of halogens is 1. The van der Waals surface area contributed by atoms with Gasteiger partial charge in [0.05, 0.1) is 22.2 Å². The highest BCUT2D eigenvalue weighted by Crippen LogP contribution is 2.40. The van der Waals surface area contributed by atoms with Crippen LogP contribution in [0.5, 0.6) is 0 Å². The Morgan fingerprint density at radius 2 is 2.04 bits per heavy atom. The number of nitrogens with zero attached hydrogens (tertiary/aromatic N) is 1. The second-order valence-corrected chi connectivity index (χ2v) is 6.74. The zero-order valence-electron chi connectivity index (χ0n) is 13.0. The molecule has 2 aromatic carbocycles. The van der Waals surface area contributed by atoms with Crippen LogP contribution in [-0.4, -0.2) is 21.9 Å². The van der Waals surface area contributed by atoms with Crippen LogP contribution >= 0.6 is 11.6 Å². The van der Waals surface area contributed by atoms with Crippen LogP contribution in [0.2, 0.25) is 5.02 Å². The van der Waals surface area contributed by atoms with E-state index in [2.05, 4.69) is 0 Å². The van der Waals surface area contributed by atoms with E-state index in [9.17, 15) is 14.7 Å². The van der Waals surface area contributed by atoms with E-state index in [1.165, 1.54) is 0 Å². The van der Waals surface area contributed by atoms with E-state index in [0.717, 1.165) is 36.0 Å². The summed E-state index contributed by atoms with van der Waals surface area (Å²) in [5.41, 5.74) is 3.88. The highest BCUT2D eigenvalue weighted by atomic mass is 35.5. The van der Waals surface area contributed by atoms with Crippen molar-refractivity contribution in [1.82, 2.24) is 4.90 Å². The van der Waals surface area contributed by atoms with Crippen molar-refractivity contribution >= 4 is 23.5 Å². The summed E-state index contributed by atoms with van der Waals surface area (Å²) in [6.07, 6.45) is 2.74. The van der Waals surface area contributed by atoms with Crippen LogP contribution in [-0.2, 0) is 13.0 Å². The fourth-order valence-corrected chi connectivity index (χ4v) is 4.10. The van der Waals surface area contributed by atoms with Crippen LogP contribution < -0.4 is 0 Å². The van der Waals surface area contributed by atoms with Crippen LogP contribution in [0.15, 0.2) is 36.4 Å². The molecule has 1 unspecified atom stereocenters. The average Bonchev–Trinajstić information content (AvgIpc) is 2.91. The maximum atomic E-state index is 12.9. The maximum absolute atomic E-state index is 12.9. The van der Waals surface area contributed by atoms with Crippen LogP contribution in [0.3, 0.4) is 0 Å². The van der Waals surface area contributed by atoms with Gasteiger partial charge in [0, 0.05) is 6.54 Å². The number of fused-ring (bicyclic) bond motifs is 2. The molecule has 0 aromatic heterocycles. The van der Waals surface area contributed by atoms with Crippen molar-refractivity contribution in [2.24, 2.45) is 0 Å². The lowest BCUT2D eigenvalue weighted by molar-refractivity contribution is 0.0683. The van der Waals surface area contributed by atoms with Crippen molar-refractivity contribution < 1.29 is 14.7 Å².